The third kappa shape index (κ3) is 26.3. The molecule has 0 rings (SSSR count). The van der Waals surface area contributed by atoms with Crippen molar-refractivity contribution in [3.05, 3.63) is 12.2 Å². The number of aliphatic carboxylic acids is 3. The van der Waals surface area contributed by atoms with Crippen molar-refractivity contribution in [3.8, 4) is 0 Å². The Labute approximate surface area is 245 Å². The van der Waals surface area contributed by atoms with Gasteiger partial charge in [-0.3, -0.25) is 14.4 Å². The number of unbranched alkanes of at least 4 members (excludes halogenated alkanes) is 15. The van der Waals surface area contributed by atoms with Crippen molar-refractivity contribution in [1.82, 2.24) is 0 Å². The molecular formula is C33H62NO6+. The second kappa shape index (κ2) is 27.3. The summed E-state index contributed by atoms with van der Waals surface area (Å²) in [7, 11) is 0. The molecule has 0 unspecified atom stereocenters. The average molecular weight is 569 g/mol. The molecule has 0 fully saturated rings. The summed E-state index contributed by atoms with van der Waals surface area (Å²) in [6.07, 6.45) is 28.3. The van der Waals surface area contributed by atoms with Gasteiger partial charge in [-0.05, 0) is 38.5 Å². The molecular weight excluding hydrogens is 506 g/mol. The fraction of sp³-hybridized carbons (Fsp3) is 0.848. The van der Waals surface area contributed by atoms with Crippen molar-refractivity contribution in [2.75, 3.05) is 26.2 Å². The lowest BCUT2D eigenvalue weighted by molar-refractivity contribution is -0.929. The summed E-state index contributed by atoms with van der Waals surface area (Å²) in [5.74, 6) is -2.49. The highest BCUT2D eigenvalue weighted by atomic mass is 16.4. The third-order valence-corrected chi connectivity index (χ3v) is 7.96. The fourth-order valence-electron chi connectivity index (χ4n) is 5.59. The lowest BCUT2D eigenvalue weighted by Crippen LogP contribution is -2.51. The summed E-state index contributed by atoms with van der Waals surface area (Å²) >= 11 is 0. The number of carboxylic acid groups (broad SMARTS) is 3. The van der Waals surface area contributed by atoms with Gasteiger partial charge < -0.3 is 19.8 Å². The van der Waals surface area contributed by atoms with Crippen LogP contribution in [0.4, 0.5) is 0 Å². The molecule has 3 N–H and O–H groups in total. The topological polar surface area (TPSA) is 112 Å². The Balaban J connectivity index is 4.18. The van der Waals surface area contributed by atoms with Crippen molar-refractivity contribution < 1.29 is 34.2 Å². The van der Waals surface area contributed by atoms with Crippen LogP contribution in [0, 0.1) is 0 Å². The van der Waals surface area contributed by atoms with E-state index in [1.807, 2.05) is 0 Å². The second-order valence-electron chi connectivity index (χ2n) is 11.7. The van der Waals surface area contributed by atoms with E-state index in [9.17, 15) is 14.4 Å². The molecule has 0 bridgehead atoms. The zero-order chi connectivity index (χ0) is 29.7. The summed E-state index contributed by atoms with van der Waals surface area (Å²) < 4.78 is 0.628. The zero-order valence-corrected chi connectivity index (χ0v) is 25.8. The quantitative estimate of drug-likeness (QED) is 0.0438. The Morgan fingerprint density at radius 1 is 0.450 bits per heavy atom. The second-order valence-corrected chi connectivity index (χ2v) is 11.7. The number of carbonyl (C=O) groups is 3. The predicted octanol–water partition coefficient (Wildman–Crippen LogP) is 8.61. The Hall–Kier alpha value is -1.89. The van der Waals surface area contributed by atoms with Gasteiger partial charge in [0.15, 0.2) is 0 Å². The first-order chi connectivity index (χ1) is 19.3. The van der Waals surface area contributed by atoms with Crippen molar-refractivity contribution >= 4 is 17.9 Å². The van der Waals surface area contributed by atoms with Crippen molar-refractivity contribution in [3.63, 3.8) is 0 Å². The summed E-state index contributed by atoms with van der Waals surface area (Å²) in [6, 6.07) is 0. The first-order valence-corrected chi connectivity index (χ1v) is 16.5. The van der Waals surface area contributed by atoms with Gasteiger partial charge in [0.1, 0.15) is 0 Å². The highest BCUT2D eigenvalue weighted by Crippen LogP contribution is 2.18. The van der Waals surface area contributed by atoms with Crippen LogP contribution in [0.1, 0.15) is 155 Å². The average Bonchev–Trinajstić information content (AvgIpc) is 2.89. The Kier molecular flexibility index (Phi) is 26.0. The molecule has 0 radical (unpaired) electrons. The predicted molar refractivity (Wildman–Crippen MR) is 164 cm³/mol. The maximum Gasteiger partial charge on any atom is 0.303 e. The zero-order valence-electron chi connectivity index (χ0n) is 25.8. The van der Waals surface area contributed by atoms with Gasteiger partial charge in [-0.25, -0.2) is 0 Å². The Bertz CT molecular complexity index is 613. The van der Waals surface area contributed by atoms with Crippen LogP contribution >= 0.6 is 0 Å². The van der Waals surface area contributed by atoms with Gasteiger partial charge in [0.2, 0.25) is 0 Å². The molecule has 40 heavy (non-hydrogen) atoms. The van der Waals surface area contributed by atoms with Crippen LogP contribution in [0.25, 0.3) is 0 Å². The number of rotatable bonds is 31. The number of allylic oxidation sites excluding steroid dienone is 2. The van der Waals surface area contributed by atoms with Crippen molar-refractivity contribution in [2.24, 2.45) is 0 Å². The van der Waals surface area contributed by atoms with E-state index in [4.69, 9.17) is 15.3 Å². The van der Waals surface area contributed by atoms with Gasteiger partial charge in [0.25, 0.3) is 0 Å². The van der Waals surface area contributed by atoms with Gasteiger partial charge in [0, 0.05) is 19.3 Å². The maximum atomic E-state index is 11.1. The first-order valence-electron chi connectivity index (χ1n) is 16.5. The molecule has 0 saturated carbocycles. The molecule has 0 amide bonds. The standard InChI is InChI=1S/C33H61NO6/c1-2-3-4-5-6-7-8-9-10-11-12-13-14-15-16-17-18-19-20-27-34(28-21-24-31(35)36,29-22-25-32(37)38)30-23-26-33(39)40/h15-16H,2-14,17-30H2,1H3,(H2-,35,36,37,38,39,40)/p+1/b16-15+. The van der Waals surface area contributed by atoms with Gasteiger partial charge in [0.05, 0.1) is 45.4 Å². The van der Waals surface area contributed by atoms with Crippen LogP contribution in [-0.4, -0.2) is 63.9 Å². The molecule has 0 atom stereocenters. The smallest absolute Gasteiger partial charge is 0.303 e. The molecule has 0 aliphatic carbocycles. The largest absolute Gasteiger partial charge is 0.481 e. The Morgan fingerprint density at radius 2 is 0.750 bits per heavy atom. The molecule has 0 aliphatic heterocycles. The molecule has 0 aromatic carbocycles. The minimum Gasteiger partial charge on any atom is -0.481 e. The van der Waals surface area contributed by atoms with Crippen molar-refractivity contribution in [2.45, 2.75) is 155 Å². The van der Waals surface area contributed by atoms with Gasteiger partial charge >= 0.3 is 17.9 Å². The number of hydrogen-bond donors (Lipinski definition) is 3. The molecule has 0 aromatic rings. The van der Waals surface area contributed by atoms with Gasteiger partial charge in [-0.15, -0.1) is 0 Å². The van der Waals surface area contributed by atoms with Crippen LogP contribution in [0.15, 0.2) is 12.2 Å². The van der Waals surface area contributed by atoms with E-state index in [0.717, 1.165) is 38.6 Å². The van der Waals surface area contributed by atoms with Crippen LogP contribution in [-0.2, 0) is 14.4 Å². The highest BCUT2D eigenvalue weighted by molar-refractivity contribution is 5.67. The highest BCUT2D eigenvalue weighted by Gasteiger charge is 2.27. The van der Waals surface area contributed by atoms with E-state index >= 15 is 0 Å². The molecule has 0 spiro atoms. The maximum absolute atomic E-state index is 11.1. The number of nitrogens with zero attached hydrogens (tertiary/aromatic N) is 1. The van der Waals surface area contributed by atoms with E-state index < -0.39 is 17.9 Å². The lowest BCUT2D eigenvalue weighted by Gasteiger charge is -2.39. The molecule has 0 saturated heterocycles. The summed E-state index contributed by atoms with van der Waals surface area (Å²) in [6.45, 7) is 5.09. The molecule has 7 nitrogen and oxygen atoms in total. The summed E-state index contributed by atoms with van der Waals surface area (Å²) in [5.41, 5.74) is 0. The lowest BCUT2D eigenvalue weighted by atomic mass is 10.0. The summed E-state index contributed by atoms with van der Waals surface area (Å²) in [4.78, 5) is 33.2. The fourth-order valence-corrected chi connectivity index (χ4v) is 5.59. The van der Waals surface area contributed by atoms with E-state index in [1.165, 1.54) is 77.0 Å². The monoisotopic (exact) mass is 568 g/mol. The Morgan fingerprint density at radius 3 is 1.10 bits per heavy atom. The minimum absolute atomic E-state index is 0.0852. The van der Waals surface area contributed by atoms with Crippen molar-refractivity contribution in [1.29, 1.82) is 0 Å². The molecule has 0 aliphatic rings. The molecule has 0 heterocycles. The minimum atomic E-state index is -0.829. The van der Waals surface area contributed by atoms with E-state index in [0.29, 0.717) is 43.4 Å². The van der Waals surface area contributed by atoms with Crippen LogP contribution in [0.3, 0.4) is 0 Å². The summed E-state index contributed by atoms with van der Waals surface area (Å²) in [5, 5.41) is 27.3. The number of carboxylic acids is 3. The van der Waals surface area contributed by atoms with Crippen LogP contribution in [0.2, 0.25) is 0 Å². The van der Waals surface area contributed by atoms with E-state index in [2.05, 4.69) is 19.1 Å². The van der Waals surface area contributed by atoms with E-state index in [1.54, 1.807) is 0 Å². The van der Waals surface area contributed by atoms with Crippen LogP contribution in [0.5, 0.6) is 0 Å². The first kappa shape index (κ1) is 38.1. The van der Waals surface area contributed by atoms with Crippen LogP contribution < -0.4 is 0 Å². The third-order valence-electron chi connectivity index (χ3n) is 7.96. The molecule has 0 aromatic heterocycles. The number of hydrogen-bond acceptors (Lipinski definition) is 3. The number of quaternary nitrogens is 1. The van der Waals surface area contributed by atoms with E-state index in [-0.39, 0.29) is 19.3 Å². The van der Waals surface area contributed by atoms with Gasteiger partial charge in [-0.1, -0.05) is 89.7 Å². The molecule has 234 valence electrons. The van der Waals surface area contributed by atoms with Gasteiger partial charge in [-0.2, -0.15) is 0 Å². The normalized spacial score (nSPS) is 11.8. The molecule has 7 heteroatoms. The SMILES string of the molecule is CCCCCCCCCCCCCC/C=C/CCCCC[N+](CCCC(=O)O)(CCCC(=O)O)CCCC(=O)O.